The van der Waals surface area contributed by atoms with Gasteiger partial charge in [0.2, 0.25) is 0 Å². The Morgan fingerprint density at radius 1 is 1.47 bits per heavy atom. The van der Waals surface area contributed by atoms with Gasteiger partial charge < -0.3 is 14.9 Å². The number of hydrogen-bond donors (Lipinski definition) is 1. The number of halogens is 1. The number of likely N-dealkylation sites (tertiary alicyclic amines) is 1. The Hall–Kier alpha value is -0.580. The Kier molecular flexibility index (Phi) is 4.87. The highest BCUT2D eigenvalue weighted by Crippen LogP contribution is 2.29. The van der Waals surface area contributed by atoms with E-state index in [1.165, 1.54) is 25.1 Å². The third kappa shape index (κ3) is 3.50. The maximum absolute atomic E-state index is 9.67. The minimum absolute atomic E-state index is 0.436. The largest absolute Gasteiger partial charge is 0.389 e. The van der Waals surface area contributed by atoms with Gasteiger partial charge in [-0.15, -0.1) is 0 Å². The molecule has 1 heterocycles. The van der Waals surface area contributed by atoms with E-state index in [2.05, 4.69) is 52.0 Å². The van der Waals surface area contributed by atoms with E-state index < -0.39 is 6.10 Å². The van der Waals surface area contributed by atoms with E-state index in [4.69, 9.17) is 0 Å². The minimum atomic E-state index is -0.436. The predicted molar refractivity (Wildman–Crippen MR) is 83.7 cm³/mol. The number of rotatable bonds is 3. The van der Waals surface area contributed by atoms with Crippen molar-refractivity contribution >= 4 is 21.6 Å². The van der Waals surface area contributed by atoms with Crippen molar-refractivity contribution in [2.24, 2.45) is 0 Å². The number of hydrogen-bond acceptors (Lipinski definition) is 3. The van der Waals surface area contributed by atoms with Crippen LogP contribution >= 0.6 is 15.9 Å². The summed E-state index contributed by atoms with van der Waals surface area (Å²) in [6.45, 7) is 4.11. The van der Waals surface area contributed by atoms with Crippen LogP contribution in [-0.2, 0) is 0 Å². The first-order valence-corrected chi connectivity index (χ1v) is 7.67. The molecule has 1 aromatic rings. The predicted octanol–water partition coefficient (Wildman–Crippen LogP) is 3.03. The Labute approximate surface area is 124 Å². The van der Waals surface area contributed by atoms with Crippen molar-refractivity contribution in [1.82, 2.24) is 4.90 Å². The number of nitrogens with zero attached hydrogens (tertiary/aromatic N) is 2. The fraction of sp³-hybridized carbons (Fsp3) is 0.600. The summed E-state index contributed by atoms with van der Waals surface area (Å²) in [6, 6.07) is 6.79. The number of anilines is 1. The maximum Gasteiger partial charge on any atom is 0.0772 e. The van der Waals surface area contributed by atoms with Crippen molar-refractivity contribution in [3.8, 4) is 0 Å². The van der Waals surface area contributed by atoms with Crippen LogP contribution in [0.25, 0.3) is 0 Å². The third-order valence-corrected chi connectivity index (χ3v) is 4.68. The van der Waals surface area contributed by atoms with Crippen LogP contribution < -0.4 is 4.90 Å². The van der Waals surface area contributed by atoms with Crippen molar-refractivity contribution in [2.45, 2.75) is 31.9 Å². The molecular weight excluding hydrogens is 304 g/mol. The molecule has 106 valence electrons. The van der Waals surface area contributed by atoms with E-state index in [0.29, 0.717) is 6.04 Å². The van der Waals surface area contributed by atoms with Gasteiger partial charge in [0.25, 0.3) is 0 Å². The number of aliphatic hydroxyl groups excluding tert-OH is 1. The normalized spacial score (nSPS) is 22.3. The van der Waals surface area contributed by atoms with Gasteiger partial charge in [-0.05, 0) is 51.1 Å². The quantitative estimate of drug-likeness (QED) is 0.924. The van der Waals surface area contributed by atoms with E-state index in [1.54, 1.807) is 6.92 Å². The molecule has 4 heteroatoms. The first kappa shape index (κ1) is 14.8. The van der Waals surface area contributed by atoms with Gasteiger partial charge in [-0.1, -0.05) is 22.0 Å². The molecule has 1 unspecified atom stereocenters. The molecule has 0 amide bonds. The molecule has 0 saturated carbocycles. The Morgan fingerprint density at radius 3 is 2.79 bits per heavy atom. The highest BCUT2D eigenvalue weighted by molar-refractivity contribution is 9.10. The summed E-state index contributed by atoms with van der Waals surface area (Å²) in [6.07, 6.45) is 2.07. The van der Waals surface area contributed by atoms with Gasteiger partial charge >= 0.3 is 0 Å². The van der Waals surface area contributed by atoms with Crippen LogP contribution in [0.5, 0.6) is 0 Å². The zero-order chi connectivity index (χ0) is 14.0. The lowest BCUT2D eigenvalue weighted by atomic mass is 10.0. The SMILES string of the molecule is C[C@H](O)c1ccc(N(C)C2CCCN(C)C2)cc1Br. The molecule has 1 saturated heterocycles. The molecule has 2 rings (SSSR count). The molecule has 0 aliphatic carbocycles. The van der Waals surface area contributed by atoms with E-state index >= 15 is 0 Å². The van der Waals surface area contributed by atoms with Crippen LogP contribution in [0.15, 0.2) is 22.7 Å². The second kappa shape index (κ2) is 6.25. The molecule has 1 aliphatic heterocycles. The van der Waals surface area contributed by atoms with Crippen molar-refractivity contribution in [1.29, 1.82) is 0 Å². The molecule has 1 aromatic carbocycles. The van der Waals surface area contributed by atoms with Crippen LogP contribution in [0, 0.1) is 0 Å². The maximum atomic E-state index is 9.67. The number of likely N-dealkylation sites (N-methyl/N-ethyl adjacent to an activating group) is 2. The summed E-state index contributed by atoms with van der Waals surface area (Å²) in [4.78, 5) is 4.75. The lowest BCUT2D eigenvalue weighted by molar-refractivity contribution is 0.198. The Bertz CT molecular complexity index is 436. The molecular formula is C15H23BrN2O. The van der Waals surface area contributed by atoms with Gasteiger partial charge in [-0.2, -0.15) is 0 Å². The molecule has 1 N–H and O–H groups in total. The van der Waals surface area contributed by atoms with Crippen LogP contribution in [-0.4, -0.2) is 43.2 Å². The van der Waals surface area contributed by atoms with Gasteiger partial charge in [0.1, 0.15) is 0 Å². The number of piperidine rings is 1. The van der Waals surface area contributed by atoms with Crippen LogP contribution in [0.2, 0.25) is 0 Å². The van der Waals surface area contributed by atoms with Crippen molar-refractivity contribution < 1.29 is 5.11 Å². The summed E-state index contributed by atoms with van der Waals surface area (Å²) in [7, 11) is 4.35. The molecule has 1 fully saturated rings. The second-order valence-electron chi connectivity index (χ2n) is 5.55. The lowest BCUT2D eigenvalue weighted by Gasteiger charge is -2.37. The molecule has 1 aliphatic rings. The Morgan fingerprint density at radius 2 is 2.21 bits per heavy atom. The van der Waals surface area contributed by atoms with E-state index in [1.807, 2.05) is 6.07 Å². The number of benzene rings is 1. The summed E-state index contributed by atoms with van der Waals surface area (Å²) >= 11 is 3.55. The van der Waals surface area contributed by atoms with Gasteiger partial charge in [-0.3, -0.25) is 0 Å². The zero-order valence-corrected chi connectivity index (χ0v) is 13.5. The molecule has 19 heavy (non-hydrogen) atoms. The standard InChI is InChI=1S/C15H23BrN2O/c1-11(19)14-7-6-12(9-15(14)16)18(3)13-5-4-8-17(2)10-13/h6-7,9,11,13,19H,4-5,8,10H2,1-3H3/t11-,13?/m0/s1. The average Bonchev–Trinajstić information content (AvgIpc) is 2.37. The highest BCUT2D eigenvalue weighted by Gasteiger charge is 2.21. The van der Waals surface area contributed by atoms with E-state index in [9.17, 15) is 5.11 Å². The van der Waals surface area contributed by atoms with Crippen LogP contribution in [0.4, 0.5) is 5.69 Å². The monoisotopic (exact) mass is 326 g/mol. The van der Waals surface area contributed by atoms with Gasteiger partial charge in [0.05, 0.1) is 6.10 Å². The van der Waals surface area contributed by atoms with Crippen LogP contribution in [0.1, 0.15) is 31.4 Å². The first-order valence-electron chi connectivity index (χ1n) is 6.88. The lowest BCUT2D eigenvalue weighted by Crippen LogP contribution is -2.45. The fourth-order valence-electron chi connectivity index (χ4n) is 2.74. The Balaban J connectivity index is 2.15. The smallest absolute Gasteiger partial charge is 0.0772 e. The van der Waals surface area contributed by atoms with Gasteiger partial charge in [-0.25, -0.2) is 0 Å². The summed E-state index contributed by atoms with van der Waals surface area (Å²) < 4.78 is 0.982. The highest BCUT2D eigenvalue weighted by atomic mass is 79.9. The molecule has 0 spiro atoms. The van der Waals surface area contributed by atoms with E-state index in [-0.39, 0.29) is 0 Å². The summed E-state index contributed by atoms with van der Waals surface area (Å²) in [5.74, 6) is 0. The molecule has 2 atom stereocenters. The molecule has 0 bridgehead atoms. The van der Waals surface area contributed by atoms with Crippen molar-refractivity contribution in [3.05, 3.63) is 28.2 Å². The summed E-state index contributed by atoms with van der Waals surface area (Å²) in [5.41, 5.74) is 2.15. The van der Waals surface area contributed by atoms with Crippen molar-refractivity contribution in [2.75, 3.05) is 32.1 Å². The molecule has 3 nitrogen and oxygen atoms in total. The van der Waals surface area contributed by atoms with Gasteiger partial charge in [0.15, 0.2) is 0 Å². The topological polar surface area (TPSA) is 26.7 Å². The van der Waals surface area contributed by atoms with Gasteiger partial charge in [0, 0.05) is 29.8 Å². The molecule has 0 aromatic heterocycles. The van der Waals surface area contributed by atoms with Crippen LogP contribution in [0.3, 0.4) is 0 Å². The fourth-order valence-corrected chi connectivity index (χ4v) is 3.44. The second-order valence-corrected chi connectivity index (χ2v) is 6.41. The van der Waals surface area contributed by atoms with E-state index in [0.717, 1.165) is 16.6 Å². The number of aliphatic hydroxyl groups is 1. The summed E-state index contributed by atoms with van der Waals surface area (Å²) in [5, 5.41) is 9.67. The van der Waals surface area contributed by atoms with Crippen molar-refractivity contribution in [3.63, 3.8) is 0 Å². The first-order chi connectivity index (χ1) is 8.99. The molecule has 0 radical (unpaired) electrons. The average molecular weight is 327 g/mol. The minimum Gasteiger partial charge on any atom is -0.389 e. The zero-order valence-electron chi connectivity index (χ0n) is 11.9. The third-order valence-electron chi connectivity index (χ3n) is 3.99.